The van der Waals surface area contributed by atoms with Gasteiger partial charge < -0.3 is 5.73 Å². The highest BCUT2D eigenvalue weighted by molar-refractivity contribution is 5.31. The Labute approximate surface area is 116 Å². The summed E-state index contributed by atoms with van der Waals surface area (Å²) < 4.78 is 77.5. The summed E-state index contributed by atoms with van der Waals surface area (Å²) in [5, 5.41) is 0. The van der Waals surface area contributed by atoms with E-state index < -0.39 is 30.7 Å². The summed E-state index contributed by atoms with van der Waals surface area (Å²) in [6.45, 7) is -1.40. The second-order valence-corrected chi connectivity index (χ2v) is 5.13. The lowest BCUT2D eigenvalue weighted by Gasteiger charge is -2.33. The molecular weight excluding hydrogens is 300 g/mol. The average molecular weight is 313 g/mol. The number of pyridine rings is 1. The van der Waals surface area contributed by atoms with E-state index >= 15 is 0 Å². The zero-order valence-corrected chi connectivity index (χ0v) is 10.8. The summed E-state index contributed by atoms with van der Waals surface area (Å²) in [6.07, 6.45) is -10.3. The smallest absolute Gasteiger partial charge is 0.384 e. The van der Waals surface area contributed by atoms with E-state index in [0.717, 1.165) is 4.90 Å². The van der Waals surface area contributed by atoms with Crippen LogP contribution in [0.25, 0.3) is 0 Å². The number of hydrogen-bond acceptors (Lipinski definition) is 3. The SMILES string of the molecule is Nc1cc(CN2CCC(C(F)(F)F)(C(F)(F)F)C2)ccn1. The number of hydrogen-bond donors (Lipinski definition) is 1. The second-order valence-electron chi connectivity index (χ2n) is 5.13. The molecule has 0 aromatic carbocycles. The fourth-order valence-corrected chi connectivity index (χ4v) is 2.50. The van der Waals surface area contributed by atoms with E-state index in [-0.39, 0.29) is 18.9 Å². The Morgan fingerprint density at radius 3 is 2.29 bits per heavy atom. The van der Waals surface area contributed by atoms with Crippen LogP contribution in [0.3, 0.4) is 0 Å². The van der Waals surface area contributed by atoms with Crippen LogP contribution < -0.4 is 5.73 Å². The molecule has 1 aliphatic rings. The Morgan fingerprint density at radius 2 is 1.81 bits per heavy atom. The number of halogens is 6. The highest BCUT2D eigenvalue weighted by Gasteiger charge is 2.72. The molecule has 21 heavy (non-hydrogen) atoms. The Kier molecular flexibility index (Phi) is 3.81. The Balaban J connectivity index is 2.18. The predicted octanol–water partition coefficient (Wildman–Crippen LogP) is 2.98. The number of nitrogens with two attached hydrogens (primary N) is 1. The topological polar surface area (TPSA) is 42.1 Å². The number of rotatable bonds is 2. The van der Waals surface area contributed by atoms with Crippen molar-refractivity contribution in [1.82, 2.24) is 9.88 Å². The molecule has 118 valence electrons. The molecule has 1 aromatic rings. The van der Waals surface area contributed by atoms with Crippen molar-refractivity contribution in [3.63, 3.8) is 0 Å². The van der Waals surface area contributed by atoms with E-state index in [1.54, 1.807) is 0 Å². The largest absolute Gasteiger partial charge is 0.404 e. The van der Waals surface area contributed by atoms with E-state index in [1.807, 2.05) is 0 Å². The van der Waals surface area contributed by atoms with E-state index in [2.05, 4.69) is 4.98 Å². The molecule has 1 aliphatic heterocycles. The highest BCUT2D eigenvalue weighted by Crippen LogP contribution is 2.55. The number of nitrogen functional groups attached to an aromatic ring is 1. The van der Waals surface area contributed by atoms with Gasteiger partial charge in [0, 0.05) is 19.3 Å². The standard InChI is InChI=1S/C12H13F6N3/c13-11(14,15)10(12(16,17)18)2-4-21(7-10)6-8-1-3-20-9(19)5-8/h1,3,5H,2,4,6-7H2,(H2,19,20). The molecule has 0 bridgehead atoms. The number of alkyl halides is 6. The minimum Gasteiger partial charge on any atom is -0.384 e. The molecule has 2 rings (SSSR count). The van der Waals surface area contributed by atoms with Crippen LogP contribution in [0.4, 0.5) is 32.2 Å². The summed E-state index contributed by atoms with van der Waals surface area (Å²) in [5.41, 5.74) is 2.31. The zero-order chi connectivity index (χ0) is 15.9. The molecule has 0 unspecified atom stereocenters. The van der Waals surface area contributed by atoms with Crippen LogP contribution in [0, 0.1) is 5.41 Å². The van der Waals surface area contributed by atoms with Crippen molar-refractivity contribution >= 4 is 5.82 Å². The zero-order valence-electron chi connectivity index (χ0n) is 10.8. The third-order valence-corrected chi connectivity index (χ3v) is 3.69. The van der Waals surface area contributed by atoms with Crippen molar-refractivity contribution in [3.8, 4) is 0 Å². The fraction of sp³-hybridized carbons (Fsp3) is 0.583. The first kappa shape index (κ1) is 15.9. The van der Waals surface area contributed by atoms with Crippen LogP contribution in [-0.4, -0.2) is 35.3 Å². The molecule has 2 heterocycles. The van der Waals surface area contributed by atoms with Gasteiger partial charge in [0.2, 0.25) is 0 Å². The van der Waals surface area contributed by atoms with Crippen molar-refractivity contribution < 1.29 is 26.3 Å². The van der Waals surface area contributed by atoms with Gasteiger partial charge in [-0.1, -0.05) is 0 Å². The normalized spacial score (nSPS) is 19.9. The van der Waals surface area contributed by atoms with Crippen LogP contribution in [0.1, 0.15) is 12.0 Å². The van der Waals surface area contributed by atoms with Gasteiger partial charge in [0.1, 0.15) is 5.82 Å². The lowest BCUT2D eigenvalue weighted by Crippen LogP contribution is -2.51. The molecule has 0 atom stereocenters. The Bertz CT molecular complexity index is 496. The minimum atomic E-state index is -5.32. The van der Waals surface area contributed by atoms with E-state index in [0.29, 0.717) is 5.56 Å². The van der Waals surface area contributed by atoms with Crippen LogP contribution in [0.5, 0.6) is 0 Å². The van der Waals surface area contributed by atoms with Gasteiger partial charge in [0.05, 0.1) is 0 Å². The van der Waals surface area contributed by atoms with Crippen LogP contribution in [0.2, 0.25) is 0 Å². The molecule has 1 saturated heterocycles. The maximum Gasteiger partial charge on any atom is 0.404 e. The van der Waals surface area contributed by atoms with Gasteiger partial charge in [0.15, 0.2) is 5.41 Å². The molecule has 0 radical (unpaired) electrons. The van der Waals surface area contributed by atoms with Crippen molar-refractivity contribution in [2.24, 2.45) is 5.41 Å². The number of anilines is 1. The van der Waals surface area contributed by atoms with Crippen molar-refractivity contribution in [1.29, 1.82) is 0 Å². The lowest BCUT2D eigenvalue weighted by atomic mass is 9.85. The molecule has 2 N–H and O–H groups in total. The van der Waals surface area contributed by atoms with Crippen LogP contribution in [-0.2, 0) is 6.54 Å². The summed E-state index contributed by atoms with van der Waals surface area (Å²) in [5.74, 6) is 0.171. The minimum absolute atomic E-state index is 0.0272. The molecule has 1 fully saturated rings. The van der Waals surface area contributed by atoms with Crippen LogP contribution >= 0.6 is 0 Å². The van der Waals surface area contributed by atoms with Crippen molar-refractivity contribution in [3.05, 3.63) is 23.9 Å². The predicted molar refractivity (Wildman–Crippen MR) is 63.1 cm³/mol. The van der Waals surface area contributed by atoms with Gasteiger partial charge in [-0.2, -0.15) is 26.3 Å². The highest BCUT2D eigenvalue weighted by atomic mass is 19.4. The van der Waals surface area contributed by atoms with E-state index in [4.69, 9.17) is 5.73 Å². The fourth-order valence-electron chi connectivity index (χ4n) is 2.50. The maximum absolute atomic E-state index is 12.9. The molecule has 0 amide bonds. The van der Waals surface area contributed by atoms with Gasteiger partial charge in [-0.05, 0) is 30.7 Å². The number of nitrogens with zero attached hydrogens (tertiary/aromatic N) is 2. The maximum atomic E-state index is 12.9. The first-order valence-electron chi connectivity index (χ1n) is 6.11. The van der Waals surface area contributed by atoms with Crippen molar-refractivity contribution in [2.75, 3.05) is 18.8 Å². The lowest BCUT2D eigenvalue weighted by molar-refractivity contribution is -0.335. The number of likely N-dealkylation sites (tertiary alicyclic amines) is 1. The van der Waals surface area contributed by atoms with Gasteiger partial charge in [-0.25, -0.2) is 4.98 Å². The van der Waals surface area contributed by atoms with Gasteiger partial charge in [0.25, 0.3) is 0 Å². The Morgan fingerprint density at radius 1 is 1.19 bits per heavy atom. The second kappa shape index (κ2) is 5.04. The van der Waals surface area contributed by atoms with Crippen molar-refractivity contribution in [2.45, 2.75) is 25.3 Å². The van der Waals surface area contributed by atoms with Gasteiger partial charge in [-0.15, -0.1) is 0 Å². The molecular formula is C12H13F6N3. The molecule has 0 aliphatic carbocycles. The third-order valence-electron chi connectivity index (χ3n) is 3.69. The molecule has 3 nitrogen and oxygen atoms in total. The van der Waals surface area contributed by atoms with Crippen LogP contribution in [0.15, 0.2) is 18.3 Å². The first-order chi connectivity index (χ1) is 9.55. The molecule has 9 heteroatoms. The molecule has 0 saturated carbocycles. The summed E-state index contributed by atoms with van der Waals surface area (Å²) in [7, 11) is 0. The Hall–Kier alpha value is -1.51. The van der Waals surface area contributed by atoms with Gasteiger partial charge in [-0.3, -0.25) is 4.90 Å². The van der Waals surface area contributed by atoms with E-state index in [9.17, 15) is 26.3 Å². The third kappa shape index (κ3) is 2.92. The van der Waals surface area contributed by atoms with Gasteiger partial charge >= 0.3 is 12.4 Å². The number of aromatic nitrogens is 1. The molecule has 1 aromatic heterocycles. The van der Waals surface area contributed by atoms with E-state index in [1.165, 1.54) is 18.3 Å². The first-order valence-corrected chi connectivity index (χ1v) is 6.11. The molecule has 0 spiro atoms. The monoisotopic (exact) mass is 313 g/mol. The summed E-state index contributed by atoms with van der Waals surface area (Å²) in [4.78, 5) is 4.86. The quantitative estimate of drug-likeness (QED) is 0.854. The summed E-state index contributed by atoms with van der Waals surface area (Å²) in [6, 6.07) is 2.94. The average Bonchev–Trinajstić information content (AvgIpc) is 2.73. The summed E-state index contributed by atoms with van der Waals surface area (Å²) >= 11 is 0.